The maximum atomic E-state index is 11.8. The molecular weight excluding hydrogens is 272 g/mol. The molecule has 0 aromatic heterocycles. The first-order chi connectivity index (χ1) is 10.5. The van der Waals surface area contributed by atoms with E-state index < -0.39 is 0 Å². The van der Waals surface area contributed by atoms with Crippen molar-refractivity contribution in [3.8, 4) is 5.75 Å². The molecule has 0 spiro atoms. The Bertz CT molecular complexity index is 679. The van der Waals surface area contributed by atoms with Gasteiger partial charge in [0, 0.05) is 6.08 Å². The Morgan fingerprint density at radius 2 is 1.68 bits per heavy atom. The molecule has 2 aromatic rings. The zero-order chi connectivity index (χ0) is 16.1. The van der Waals surface area contributed by atoms with Crippen molar-refractivity contribution in [2.75, 3.05) is 0 Å². The number of hydrogen-bond acceptors (Lipinski definition) is 2. The van der Waals surface area contributed by atoms with Crippen LogP contribution in [0, 0.1) is 13.8 Å². The van der Waals surface area contributed by atoms with Gasteiger partial charge in [0.15, 0.2) is 0 Å². The van der Waals surface area contributed by atoms with Crippen LogP contribution in [0.15, 0.2) is 48.5 Å². The van der Waals surface area contributed by atoms with Crippen molar-refractivity contribution in [2.45, 2.75) is 33.6 Å². The van der Waals surface area contributed by atoms with E-state index in [9.17, 15) is 4.79 Å². The topological polar surface area (TPSA) is 26.3 Å². The Hall–Kier alpha value is -2.35. The summed E-state index contributed by atoms with van der Waals surface area (Å²) in [7, 11) is 0. The predicted octanol–water partition coefficient (Wildman–Crippen LogP) is 5.05. The van der Waals surface area contributed by atoms with E-state index in [0.29, 0.717) is 11.7 Å². The quantitative estimate of drug-likeness (QED) is 0.448. The summed E-state index contributed by atoms with van der Waals surface area (Å²) in [5.41, 5.74) is 4.57. The van der Waals surface area contributed by atoms with Crippen molar-refractivity contribution >= 4 is 12.0 Å². The molecule has 0 N–H and O–H groups in total. The van der Waals surface area contributed by atoms with Gasteiger partial charge in [0.25, 0.3) is 0 Å². The number of rotatable bonds is 4. The molecule has 0 saturated carbocycles. The summed E-state index contributed by atoms with van der Waals surface area (Å²) in [5.74, 6) is 0.719. The normalized spacial score (nSPS) is 11.1. The number of carbonyl (C=O) groups excluding carboxylic acids is 1. The molecule has 0 saturated heterocycles. The maximum Gasteiger partial charge on any atom is 0.336 e. The zero-order valence-corrected chi connectivity index (χ0v) is 13.6. The van der Waals surface area contributed by atoms with Gasteiger partial charge in [0.2, 0.25) is 0 Å². The summed E-state index contributed by atoms with van der Waals surface area (Å²) in [5, 5.41) is 0. The highest BCUT2D eigenvalue weighted by atomic mass is 16.5. The number of carbonyl (C=O) groups is 1. The van der Waals surface area contributed by atoms with Crippen LogP contribution in [-0.2, 0) is 4.79 Å². The lowest BCUT2D eigenvalue weighted by Crippen LogP contribution is -2.03. The van der Waals surface area contributed by atoms with Gasteiger partial charge in [-0.2, -0.15) is 0 Å². The highest BCUT2D eigenvalue weighted by Crippen LogP contribution is 2.17. The molecule has 0 aliphatic rings. The van der Waals surface area contributed by atoms with Crippen LogP contribution in [0.3, 0.4) is 0 Å². The second-order valence-electron chi connectivity index (χ2n) is 5.82. The van der Waals surface area contributed by atoms with E-state index in [1.54, 1.807) is 6.08 Å². The molecule has 0 radical (unpaired) electrons. The molecule has 0 atom stereocenters. The van der Waals surface area contributed by atoms with Crippen molar-refractivity contribution in [1.82, 2.24) is 0 Å². The molecule has 0 amide bonds. The molecule has 0 unspecified atom stereocenters. The van der Waals surface area contributed by atoms with Gasteiger partial charge in [0.05, 0.1) is 0 Å². The van der Waals surface area contributed by atoms with Gasteiger partial charge < -0.3 is 4.74 Å². The summed E-state index contributed by atoms with van der Waals surface area (Å²) in [4.78, 5) is 11.8. The van der Waals surface area contributed by atoms with Gasteiger partial charge >= 0.3 is 5.97 Å². The second kappa shape index (κ2) is 7.08. The van der Waals surface area contributed by atoms with E-state index in [4.69, 9.17) is 4.74 Å². The zero-order valence-electron chi connectivity index (χ0n) is 13.6. The standard InChI is InChI=1S/C20H22O2/c1-14(2)18-9-6-17(7-10-18)8-12-20(21)22-19-11-5-15(3)16(4)13-19/h5-14H,1-4H3/b12-8+. The van der Waals surface area contributed by atoms with Crippen molar-refractivity contribution in [3.05, 3.63) is 70.8 Å². The Labute approximate surface area is 132 Å². The molecule has 0 aliphatic carbocycles. The van der Waals surface area contributed by atoms with Gasteiger partial charge in [-0.05, 0) is 60.2 Å². The highest BCUT2D eigenvalue weighted by molar-refractivity contribution is 5.88. The first-order valence-corrected chi connectivity index (χ1v) is 7.53. The highest BCUT2D eigenvalue weighted by Gasteiger charge is 2.02. The second-order valence-corrected chi connectivity index (χ2v) is 5.82. The van der Waals surface area contributed by atoms with Crippen LogP contribution in [0.4, 0.5) is 0 Å². The van der Waals surface area contributed by atoms with Gasteiger partial charge in [-0.25, -0.2) is 4.79 Å². The smallest absolute Gasteiger partial charge is 0.336 e. The molecular formula is C20H22O2. The van der Waals surface area contributed by atoms with Crippen LogP contribution in [0.5, 0.6) is 5.75 Å². The van der Waals surface area contributed by atoms with Crippen molar-refractivity contribution in [1.29, 1.82) is 0 Å². The Morgan fingerprint density at radius 1 is 1.00 bits per heavy atom. The van der Waals surface area contributed by atoms with Crippen LogP contribution >= 0.6 is 0 Å². The Kier molecular flexibility index (Phi) is 5.16. The largest absolute Gasteiger partial charge is 0.423 e. The monoisotopic (exact) mass is 294 g/mol. The van der Waals surface area contributed by atoms with Crippen LogP contribution in [0.25, 0.3) is 6.08 Å². The molecule has 0 bridgehead atoms. The minimum absolute atomic E-state index is 0.365. The molecule has 0 heterocycles. The predicted molar refractivity (Wildman–Crippen MR) is 91.1 cm³/mol. The van der Waals surface area contributed by atoms with Crippen molar-refractivity contribution in [2.24, 2.45) is 0 Å². The Balaban J connectivity index is 2.00. The van der Waals surface area contributed by atoms with E-state index in [-0.39, 0.29) is 5.97 Å². The Morgan fingerprint density at radius 3 is 2.27 bits per heavy atom. The summed E-state index contributed by atoms with van der Waals surface area (Å²) in [6.45, 7) is 8.35. The molecule has 2 aromatic carbocycles. The first-order valence-electron chi connectivity index (χ1n) is 7.53. The van der Waals surface area contributed by atoms with Gasteiger partial charge in [-0.1, -0.05) is 44.2 Å². The molecule has 22 heavy (non-hydrogen) atoms. The summed E-state index contributed by atoms with van der Waals surface area (Å²) < 4.78 is 5.31. The third-order valence-electron chi connectivity index (χ3n) is 3.71. The minimum atomic E-state index is -0.365. The number of aryl methyl sites for hydroxylation is 2. The fourth-order valence-electron chi connectivity index (χ4n) is 2.08. The average Bonchev–Trinajstić information content (AvgIpc) is 2.49. The van der Waals surface area contributed by atoms with E-state index in [0.717, 1.165) is 11.1 Å². The summed E-state index contributed by atoms with van der Waals surface area (Å²) in [6, 6.07) is 13.8. The number of esters is 1. The van der Waals surface area contributed by atoms with Gasteiger partial charge in [-0.15, -0.1) is 0 Å². The van der Waals surface area contributed by atoms with Gasteiger partial charge in [-0.3, -0.25) is 0 Å². The van der Waals surface area contributed by atoms with Gasteiger partial charge in [0.1, 0.15) is 5.75 Å². The van der Waals surface area contributed by atoms with Crippen LogP contribution < -0.4 is 4.74 Å². The fraction of sp³-hybridized carbons (Fsp3) is 0.250. The summed E-state index contributed by atoms with van der Waals surface area (Å²) >= 11 is 0. The lowest BCUT2D eigenvalue weighted by atomic mass is 10.0. The third-order valence-corrected chi connectivity index (χ3v) is 3.71. The minimum Gasteiger partial charge on any atom is -0.423 e. The molecule has 0 aliphatic heterocycles. The molecule has 0 fully saturated rings. The lowest BCUT2D eigenvalue weighted by Gasteiger charge is -2.05. The molecule has 2 rings (SSSR count). The van der Waals surface area contributed by atoms with E-state index in [2.05, 4.69) is 26.0 Å². The maximum absolute atomic E-state index is 11.8. The number of benzene rings is 2. The first kappa shape index (κ1) is 16.0. The van der Waals surface area contributed by atoms with Crippen molar-refractivity contribution in [3.63, 3.8) is 0 Å². The van der Waals surface area contributed by atoms with E-state index >= 15 is 0 Å². The number of hydrogen-bond donors (Lipinski definition) is 0. The molecule has 2 heteroatoms. The lowest BCUT2D eigenvalue weighted by molar-refractivity contribution is -0.128. The molecule has 114 valence electrons. The summed E-state index contributed by atoms with van der Waals surface area (Å²) in [6.07, 6.45) is 3.23. The average molecular weight is 294 g/mol. The van der Waals surface area contributed by atoms with Crippen LogP contribution in [0.1, 0.15) is 42.0 Å². The number of ether oxygens (including phenoxy) is 1. The van der Waals surface area contributed by atoms with E-state index in [1.807, 2.05) is 44.2 Å². The third kappa shape index (κ3) is 4.32. The SMILES string of the molecule is Cc1ccc(OC(=O)/C=C/c2ccc(C(C)C)cc2)cc1C. The van der Waals surface area contributed by atoms with E-state index in [1.165, 1.54) is 17.2 Å². The van der Waals surface area contributed by atoms with Crippen LogP contribution in [0.2, 0.25) is 0 Å². The van der Waals surface area contributed by atoms with Crippen LogP contribution in [-0.4, -0.2) is 5.97 Å². The molecule has 2 nitrogen and oxygen atoms in total. The fourth-order valence-corrected chi connectivity index (χ4v) is 2.08. The van der Waals surface area contributed by atoms with Crippen molar-refractivity contribution < 1.29 is 9.53 Å².